The number of nitrogens with zero attached hydrogens (tertiary/aromatic N) is 2. The Bertz CT molecular complexity index is 345. The normalized spacial score (nSPS) is 47.4. The first-order valence-electron chi connectivity index (χ1n) is 8.77. The molecule has 3 aliphatic rings. The first-order valence-corrected chi connectivity index (χ1v) is 8.77. The molecule has 2 N–H and O–H groups in total. The van der Waals surface area contributed by atoms with E-state index in [1.807, 2.05) is 0 Å². The fourth-order valence-corrected chi connectivity index (χ4v) is 5.34. The summed E-state index contributed by atoms with van der Waals surface area (Å²) in [4.78, 5) is 5.55. The third-order valence-electron chi connectivity index (χ3n) is 6.61. The highest BCUT2D eigenvalue weighted by Crippen LogP contribution is 2.43. The minimum absolute atomic E-state index is 0.278. The third kappa shape index (κ3) is 2.32. The summed E-state index contributed by atoms with van der Waals surface area (Å²) in [5, 5.41) is 0. The second kappa shape index (κ2) is 5.58. The van der Waals surface area contributed by atoms with E-state index in [0.29, 0.717) is 6.04 Å². The van der Waals surface area contributed by atoms with Crippen molar-refractivity contribution in [2.75, 3.05) is 26.2 Å². The molecule has 3 heteroatoms. The maximum Gasteiger partial charge on any atom is 0.0361 e. The zero-order valence-electron chi connectivity index (χ0n) is 13.6. The molecule has 0 amide bonds. The minimum Gasteiger partial charge on any atom is -0.329 e. The van der Waals surface area contributed by atoms with Gasteiger partial charge in [-0.1, -0.05) is 13.8 Å². The molecule has 5 unspecified atom stereocenters. The van der Waals surface area contributed by atoms with Crippen LogP contribution < -0.4 is 5.73 Å². The van der Waals surface area contributed by atoms with Crippen LogP contribution in [0.4, 0.5) is 0 Å². The largest absolute Gasteiger partial charge is 0.329 e. The summed E-state index contributed by atoms with van der Waals surface area (Å²) in [6.07, 6.45) is 6.82. The van der Waals surface area contributed by atoms with Gasteiger partial charge in [0.25, 0.3) is 0 Å². The van der Waals surface area contributed by atoms with Crippen LogP contribution in [0, 0.1) is 11.8 Å². The van der Waals surface area contributed by atoms with Crippen molar-refractivity contribution in [3.8, 4) is 0 Å². The lowest BCUT2D eigenvalue weighted by Gasteiger charge is -2.57. The molecule has 0 bridgehead atoms. The van der Waals surface area contributed by atoms with Crippen LogP contribution in [-0.2, 0) is 0 Å². The third-order valence-corrected chi connectivity index (χ3v) is 6.61. The van der Waals surface area contributed by atoms with Crippen LogP contribution in [0.1, 0.15) is 52.9 Å². The molecule has 3 fully saturated rings. The predicted molar refractivity (Wildman–Crippen MR) is 84.7 cm³/mol. The first kappa shape index (κ1) is 14.8. The average Bonchev–Trinajstić information content (AvgIpc) is 2.86. The van der Waals surface area contributed by atoms with Gasteiger partial charge in [0.1, 0.15) is 0 Å². The quantitative estimate of drug-likeness (QED) is 0.842. The molecule has 1 aliphatic carbocycles. The molecule has 3 nitrogen and oxygen atoms in total. The number of nitrogens with two attached hydrogens (primary N) is 1. The Hall–Kier alpha value is -0.120. The Kier molecular flexibility index (Phi) is 4.13. The van der Waals surface area contributed by atoms with Crippen molar-refractivity contribution < 1.29 is 0 Å². The van der Waals surface area contributed by atoms with Gasteiger partial charge in [0.2, 0.25) is 0 Å². The van der Waals surface area contributed by atoms with Crippen molar-refractivity contribution >= 4 is 0 Å². The topological polar surface area (TPSA) is 32.5 Å². The maximum absolute atomic E-state index is 6.35. The molecular formula is C17H33N3. The summed E-state index contributed by atoms with van der Waals surface area (Å²) in [6, 6.07) is 1.48. The van der Waals surface area contributed by atoms with Crippen molar-refractivity contribution in [3.05, 3.63) is 0 Å². The molecule has 5 atom stereocenters. The molecule has 2 saturated heterocycles. The lowest BCUT2D eigenvalue weighted by molar-refractivity contribution is -0.0688. The van der Waals surface area contributed by atoms with Crippen molar-refractivity contribution in [1.29, 1.82) is 0 Å². The fourth-order valence-electron chi connectivity index (χ4n) is 5.34. The van der Waals surface area contributed by atoms with E-state index in [2.05, 4.69) is 30.6 Å². The molecule has 2 heterocycles. The number of hydrogen-bond donors (Lipinski definition) is 1. The zero-order chi connectivity index (χ0) is 14.3. The van der Waals surface area contributed by atoms with E-state index in [0.717, 1.165) is 24.4 Å². The van der Waals surface area contributed by atoms with E-state index in [1.165, 1.54) is 51.7 Å². The number of rotatable bonds is 2. The Balaban J connectivity index is 1.81. The SMILES string of the molecule is CC1CCC(CN)(N2CC3CCCN3CC2C)C(C)C1. The van der Waals surface area contributed by atoms with Gasteiger partial charge in [-0.15, -0.1) is 0 Å². The average molecular weight is 279 g/mol. The van der Waals surface area contributed by atoms with Gasteiger partial charge in [-0.2, -0.15) is 0 Å². The van der Waals surface area contributed by atoms with Crippen LogP contribution in [0.25, 0.3) is 0 Å². The highest BCUT2D eigenvalue weighted by molar-refractivity contribution is 5.05. The number of fused-ring (bicyclic) bond motifs is 1. The van der Waals surface area contributed by atoms with E-state index >= 15 is 0 Å². The summed E-state index contributed by atoms with van der Waals surface area (Å²) in [5.41, 5.74) is 6.63. The lowest BCUT2D eigenvalue weighted by Crippen LogP contribution is -2.68. The highest BCUT2D eigenvalue weighted by atomic mass is 15.3. The molecule has 20 heavy (non-hydrogen) atoms. The van der Waals surface area contributed by atoms with Crippen molar-refractivity contribution in [3.63, 3.8) is 0 Å². The second-order valence-electron chi connectivity index (χ2n) is 7.88. The minimum atomic E-state index is 0.278. The monoisotopic (exact) mass is 279 g/mol. The zero-order valence-corrected chi connectivity index (χ0v) is 13.6. The van der Waals surface area contributed by atoms with Crippen LogP contribution in [0.15, 0.2) is 0 Å². The second-order valence-corrected chi connectivity index (χ2v) is 7.88. The molecule has 0 radical (unpaired) electrons. The number of hydrogen-bond acceptors (Lipinski definition) is 3. The molecule has 2 aliphatic heterocycles. The van der Waals surface area contributed by atoms with Gasteiger partial charge >= 0.3 is 0 Å². The van der Waals surface area contributed by atoms with Crippen LogP contribution in [0.3, 0.4) is 0 Å². The Morgan fingerprint density at radius 2 is 1.95 bits per heavy atom. The summed E-state index contributed by atoms with van der Waals surface area (Å²) in [6.45, 7) is 12.0. The van der Waals surface area contributed by atoms with Gasteiger partial charge in [-0.25, -0.2) is 0 Å². The Morgan fingerprint density at radius 3 is 2.65 bits per heavy atom. The fraction of sp³-hybridized carbons (Fsp3) is 1.00. The van der Waals surface area contributed by atoms with Gasteiger partial charge < -0.3 is 5.73 Å². The van der Waals surface area contributed by atoms with Crippen LogP contribution in [-0.4, -0.2) is 53.6 Å². The lowest BCUT2D eigenvalue weighted by atomic mass is 9.68. The van der Waals surface area contributed by atoms with E-state index < -0.39 is 0 Å². The molecular weight excluding hydrogens is 246 g/mol. The standard InChI is InChI=1S/C17H33N3/c1-13-6-7-17(12-18,14(2)9-13)20-11-16-5-4-8-19(16)10-15(20)3/h13-16H,4-12,18H2,1-3H3. The van der Waals surface area contributed by atoms with Crippen molar-refractivity contribution in [2.45, 2.75) is 70.5 Å². The summed E-state index contributed by atoms with van der Waals surface area (Å²) in [7, 11) is 0. The van der Waals surface area contributed by atoms with Crippen molar-refractivity contribution in [2.24, 2.45) is 17.6 Å². The van der Waals surface area contributed by atoms with E-state index in [1.54, 1.807) is 0 Å². The maximum atomic E-state index is 6.35. The van der Waals surface area contributed by atoms with Gasteiger partial charge in [-0.05, 0) is 57.4 Å². The first-order chi connectivity index (χ1) is 9.56. The molecule has 0 spiro atoms. The smallest absolute Gasteiger partial charge is 0.0361 e. The molecule has 0 aromatic heterocycles. The Morgan fingerprint density at radius 1 is 1.15 bits per heavy atom. The summed E-state index contributed by atoms with van der Waals surface area (Å²) in [5.74, 6) is 1.62. The molecule has 0 aromatic carbocycles. The molecule has 3 rings (SSSR count). The molecule has 116 valence electrons. The van der Waals surface area contributed by atoms with E-state index in [4.69, 9.17) is 5.73 Å². The van der Waals surface area contributed by atoms with Gasteiger partial charge in [0, 0.05) is 37.3 Å². The van der Waals surface area contributed by atoms with Gasteiger partial charge in [0.05, 0.1) is 0 Å². The van der Waals surface area contributed by atoms with Gasteiger partial charge in [-0.3, -0.25) is 9.80 Å². The predicted octanol–water partition coefficient (Wildman–Crippen LogP) is 2.31. The molecule has 0 aromatic rings. The van der Waals surface area contributed by atoms with Crippen LogP contribution in [0.2, 0.25) is 0 Å². The van der Waals surface area contributed by atoms with Crippen molar-refractivity contribution in [1.82, 2.24) is 9.80 Å². The molecule has 1 saturated carbocycles. The highest BCUT2D eigenvalue weighted by Gasteiger charge is 2.48. The van der Waals surface area contributed by atoms with E-state index in [-0.39, 0.29) is 5.54 Å². The van der Waals surface area contributed by atoms with Gasteiger partial charge in [0.15, 0.2) is 0 Å². The van der Waals surface area contributed by atoms with E-state index in [9.17, 15) is 0 Å². The number of piperazine rings is 1. The summed E-state index contributed by atoms with van der Waals surface area (Å²) >= 11 is 0. The summed E-state index contributed by atoms with van der Waals surface area (Å²) < 4.78 is 0. The van der Waals surface area contributed by atoms with Crippen LogP contribution >= 0.6 is 0 Å². The Labute approximate surface area is 124 Å². The van der Waals surface area contributed by atoms with Crippen LogP contribution in [0.5, 0.6) is 0 Å².